The van der Waals surface area contributed by atoms with Crippen LogP contribution in [-0.4, -0.2) is 139 Å². The van der Waals surface area contributed by atoms with Crippen molar-refractivity contribution in [1.82, 2.24) is 19.6 Å². The summed E-state index contributed by atoms with van der Waals surface area (Å²) in [6.07, 6.45) is 2.13. The van der Waals surface area contributed by atoms with E-state index < -0.39 is 11.9 Å². The number of nitrogens with zero attached hydrogens (tertiary/aromatic N) is 4. The van der Waals surface area contributed by atoms with E-state index in [0.29, 0.717) is 58.4 Å². The Morgan fingerprint density at radius 3 is 1.38 bits per heavy atom. The van der Waals surface area contributed by atoms with Gasteiger partial charge in [-0.1, -0.05) is 6.92 Å². The monoisotopic (exact) mass is 416 g/mol. The van der Waals surface area contributed by atoms with Crippen LogP contribution in [0.25, 0.3) is 0 Å². The van der Waals surface area contributed by atoms with Crippen molar-refractivity contribution >= 4 is 30.8 Å². The van der Waals surface area contributed by atoms with Crippen LogP contribution in [0.1, 0.15) is 6.92 Å². The lowest BCUT2D eigenvalue weighted by molar-refractivity contribution is -0.139. The van der Waals surface area contributed by atoms with Crippen molar-refractivity contribution in [1.29, 1.82) is 0 Å². The second-order valence-corrected chi connectivity index (χ2v) is 6.49. The number of aliphatic carboxylic acids is 2. The van der Waals surface area contributed by atoms with E-state index in [1.807, 2.05) is 11.8 Å². The van der Waals surface area contributed by atoms with Crippen molar-refractivity contribution < 1.29 is 34.2 Å². The molecule has 0 aliphatic rings. The van der Waals surface area contributed by atoms with Crippen molar-refractivity contribution in [2.75, 3.05) is 78.5 Å². The maximum Gasteiger partial charge on any atom is 0.317 e. The van der Waals surface area contributed by atoms with Crippen molar-refractivity contribution in [3.63, 3.8) is 0 Å². The normalized spacial score (nSPS) is 11.3. The fourth-order valence-corrected chi connectivity index (χ4v) is 2.72. The number of carbonyl (C=O) groups excluding carboxylic acids is 3. The molecular weight excluding hydrogens is 384 g/mol. The Balaban J connectivity index is 4.72. The minimum absolute atomic E-state index is 0.0835. The molecule has 0 atom stereocenters. The summed E-state index contributed by atoms with van der Waals surface area (Å²) in [6, 6.07) is 0. The van der Waals surface area contributed by atoms with Gasteiger partial charge in [0, 0.05) is 39.3 Å². The SMILES string of the molecule is CCN(CCN(CC=O)CCN(CCN(CC=O)CC=O)CC(=O)O)CC(=O)O. The van der Waals surface area contributed by atoms with Crippen LogP contribution in [-0.2, 0) is 24.0 Å². The van der Waals surface area contributed by atoms with E-state index in [4.69, 9.17) is 10.2 Å². The molecule has 0 bridgehead atoms. The van der Waals surface area contributed by atoms with Gasteiger partial charge in [0.05, 0.1) is 32.7 Å². The van der Waals surface area contributed by atoms with Gasteiger partial charge in [0.15, 0.2) is 0 Å². The first kappa shape index (κ1) is 26.8. The average molecular weight is 416 g/mol. The van der Waals surface area contributed by atoms with Crippen LogP contribution in [0.5, 0.6) is 0 Å². The van der Waals surface area contributed by atoms with Crippen molar-refractivity contribution in [2.24, 2.45) is 0 Å². The summed E-state index contributed by atoms with van der Waals surface area (Å²) in [6.45, 7) is 4.94. The zero-order valence-corrected chi connectivity index (χ0v) is 16.9. The standard InChI is InChI=1S/C18H32N4O7/c1-2-19(15-17(26)27)3-4-20(9-12-23)5-7-22(16-18(28)29)8-6-21(10-13-24)11-14-25/h12-14H,2-11,15-16H2,1H3,(H,26,27)(H,28,29). The highest BCUT2D eigenvalue weighted by Gasteiger charge is 2.15. The number of rotatable bonds is 20. The molecule has 0 fully saturated rings. The molecule has 29 heavy (non-hydrogen) atoms. The molecule has 0 aromatic heterocycles. The fourth-order valence-electron chi connectivity index (χ4n) is 2.72. The molecule has 166 valence electrons. The van der Waals surface area contributed by atoms with Gasteiger partial charge in [0.2, 0.25) is 0 Å². The largest absolute Gasteiger partial charge is 0.480 e. The maximum atomic E-state index is 11.1. The Kier molecular flexibility index (Phi) is 15.4. The summed E-state index contributed by atoms with van der Waals surface area (Å²) in [5.74, 6) is -1.92. The van der Waals surface area contributed by atoms with Gasteiger partial charge in [-0.3, -0.25) is 29.2 Å². The Morgan fingerprint density at radius 1 is 0.621 bits per heavy atom. The number of hydrogen-bond donors (Lipinski definition) is 2. The van der Waals surface area contributed by atoms with Gasteiger partial charge in [-0.2, -0.15) is 0 Å². The van der Waals surface area contributed by atoms with Crippen molar-refractivity contribution in [3.05, 3.63) is 0 Å². The molecule has 0 amide bonds. The first-order chi connectivity index (χ1) is 13.9. The van der Waals surface area contributed by atoms with E-state index in [9.17, 15) is 24.0 Å². The summed E-state index contributed by atoms with van der Waals surface area (Å²) in [5.41, 5.74) is 0. The summed E-state index contributed by atoms with van der Waals surface area (Å²) in [7, 11) is 0. The fraction of sp³-hybridized carbons (Fsp3) is 0.722. The third-order valence-corrected chi connectivity index (χ3v) is 4.36. The van der Waals surface area contributed by atoms with Crippen LogP contribution in [0.2, 0.25) is 0 Å². The van der Waals surface area contributed by atoms with Crippen LogP contribution in [0.4, 0.5) is 0 Å². The Labute approximate surface area is 170 Å². The van der Waals surface area contributed by atoms with Crippen LogP contribution >= 0.6 is 0 Å². The highest BCUT2D eigenvalue weighted by atomic mass is 16.4. The molecule has 0 saturated carbocycles. The van der Waals surface area contributed by atoms with Gasteiger partial charge in [-0.05, 0) is 6.54 Å². The van der Waals surface area contributed by atoms with E-state index in [-0.39, 0.29) is 32.7 Å². The highest BCUT2D eigenvalue weighted by Crippen LogP contribution is 1.97. The second-order valence-electron chi connectivity index (χ2n) is 6.49. The third-order valence-electron chi connectivity index (χ3n) is 4.36. The second kappa shape index (κ2) is 16.7. The van der Waals surface area contributed by atoms with E-state index in [0.717, 1.165) is 6.29 Å². The zero-order valence-electron chi connectivity index (χ0n) is 16.9. The molecule has 0 aliphatic heterocycles. The molecule has 0 aromatic rings. The zero-order chi connectivity index (χ0) is 22.1. The Morgan fingerprint density at radius 2 is 0.966 bits per heavy atom. The summed E-state index contributed by atoms with van der Waals surface area (Å²) in [5, 5.41) is 18.0. The highest BCUT2D eigenvalue weighted by molar-refractivity contribution is 5.69. The van der Waals surface area contributed by atoms with Crippen LogP contribution in [0.3, 0.4) is 0 Å². The van der Waals surface area contributed by atoms with E-state index in [1.54, 1.807) is 14.7 Å². The molecule has 11 nitrogen and oxygen atoms in total. The number of aldehydes is 3. The van der Waals surface area contributed by atoms with Gasteiger partial charge in [-0.25, -0.2) is 0 Å². The van der Waals surface area contributed by atoms with E-state index >= 15 is 0 Å². The lowest BCUT2D eigenvalue weighted by atomic mass is 10.3. The quantitative estimate of drug-likeness (QED) is 0.213. The number of likely N-dealkylation sites (N-methyl/N-ethyl adjacent to an activating group) is 1. The van der Waals surface area contributed by atoms with Gasteiger partial charge >= 0.3 is 11.9 Å². The van der Waals surface area contributed by atoms with Gasteiger partial charge in [-0.15, -0.1) is 0 Å². The number of carboxylic acids is 2. The van der Waals surface area contributed by atoms with Crippen molar-refractivity contribution in [3.8, 4) is 0 Å². The van der Waals surface area contributed by atoms with Crippen LogP contribution in [0, 0.1) is 0 Å². The predicted octanol–water partition coefficient (Wildman–Crippen LogP) is -2.02. The predicted molar refractivity (Wildman–Crippen MR) is 105 cm³/mol. The lowest BCUT2D eigenvalue weighted by Gasteiger charge is -2.28. The molecule has 0 heterocycles. The molecule has 0 aromatic carbocycles. The molecule has 2 N–H and O–H groups in total. The molecular formula is C18H32N4O7. The average Bonchev–Trinajstić information content (AvgIpc) is 2.66. The minimum atomic E-state index is -0.997. The number of carbonyl (C=O) groups is 5. The summed E-state index contributed by atoms with van der Waals surface area (Å²) >= 11 is 0. The first-order valence-electron chi connectivity index (χ1n) is 9.50. The third kappa shape index (κ3) is 14.4. The van der Waals surface area contributed by atoms with Crippen molar-refractivity contribution in [2.45, 2.75) is 6.92 Å². The lowest BCUT2D eigenvalue weighted by Crippen LogP contribution is -2.44. The molecule has 0 saturated heterocycles. The molecule has 0 radical (unpaired) electrons. The van der Waals surface area contributed by atoms with Gasteiger partial charge < -0.3 is 24.6 Å². The number of carboxylic acid groups (broad SMARTS) is 2. The topological polar surface area (TPSA) is 139 Å². The Hall–Kier alpha value is -2.21. The molecule has 0 spiro atoms. The Bertz CT molecular complexity index is 508. The van der Waals surface area contributed by atoms with Crippen LogP contribution < -0.4 is 0 Å². The minimum Gasteiger partial charge on any atom is -0.480 e. The summed E-state index contributed by atoms with van der Waals surface area (Å²) < 4.78 is 0. The molecule has 0 aliphatic carbocycles. The van der Waals surface area contributed by atoms with E-state index in [1.165, 1.54) is 0 Å². The van der Waals surface area contributed by atoms with Gasteiger partial charge in [0.25, 0.3) is 0 Å². The molecule has 0 unspecified atom stereocenters. The van der Waals surface area contributed by atoms with Gasteiger partial charge in [0.1, 0.15) is 18.9 Å². The first-order valence-corrected chi connectivity index (χ1v) is 9.50. The number of hydrogen-bond acceptors (Lipinski definition) is 9. The maximum absolute atomic E-state index is 11.1. The van der Waals surface area contributed by atoms with Crippen LogP contribution in [0.15, 0.2) is 0 Å². The molecule has 0 rings (SSSR count). The summed E-state index contributed by atoms with van der Waals surface area (Å²) in [4.78, 5) is 61.2. The van der Waals surface area contributed by atoms with E-state index in [2.05, 4.69) is 0 Å². The molecule has 11 heteroatoms. The smallest absolute Gasteiger partial charge is 0.317 e.